The maximum absolute atomic E-state index is 12.3. The molecule has 0 saturated carbocycles. The van der Waals surface area contributed by atoms with Crippen molar-refractivity contribution in [1.29, 1.82) is 0 Å². The molecule has 1 aromatic rings. The van der Waals surface area contributed by atoms with Gasteiger partial charge < -0.3 is 33.2 Å². The van der Waals surface area contributed by atoms with Crippen LogP contribution in [0.1, 0.15) is 31.1 Å². The first-order valence-corrected chi connectivity index (χ1v) is 15.5. The van der Waals surface area contributed by atoms with Crippen LogP contribution in [-0.4, -0.2) is 105 Å². The molecule has 14 heteroatoms. The molecule has 0 fully saturated rings. The Morgan fingerprint density at radius 2 is 0.950 bits per heavy atom. The molecule has 0 aromatic heterocycles. The van der Waals surface area contributed by atoms with Crippen molar-refractivity contribution in [3.05, 3.63) is 17.7 Å². The second-order valence-corrected chi connectivity index (χ2v) is 11.5. The van der Waals surface area contributed by atoms with Gasteiger partial charge in [-0.15, -0.1) is 0 Å². The van der Waals surface area contributed by atoms with E-state index in [2.05, 4.69) is 0 Å². The quantitative estimate of drug-likeness (QED) is 0.138. The lowest BCUT2D eigenvalue weighted by Gasteiger charge is -2.18. The van der Waals surface area contributed by atoms with E-state index in [1.165, 1.54) is 75.3 Å². The third kappa shape index (κ3) is 17.7. The highest BCUT2D eigenvalue weighted by Crippen LogP contribution is 2.39. The van der Waals surface area contributed by atoms with E-state index >= 15 is 0 Å². The van der Waals surface area contributed by atoms with E-state index < -0.39 is 5.97 Å². The molecule has 0 spiro atoms. The average Bonchev–Trinajstić information content (AvgIpc) is 2.91. The molecule has 0 saturated heterocycles. The molecule has 0 unspecified atom stereocenters. The first-order valence-electron chi connectivity index (χ1n) is 12.5. The summed E-state index contributed by atoms with van der Waals surface area (Å²) in [4.78, 5) is 45.4. The highest BCUT2D eigenvalue weighted by molar-refractivity contribution is 8.14. The van der Waals surface area contributed by atoms with Crippen LogP contribution >= 0.6 is 35.3 Å². The molecule has 0 aliphatic heterocycles. The van der Waals surface area contributed by atoms with Crippen molar-refractivity contribution >= 4 is 56.6 Å². The van der Waals surface area contributed by atoms with Gasteiger partial charge in [0.2, 0.25) is 5.75 Å². The minimum atomic E-state index is -0.581. The summed E-state index contributed by atoms with van der Waals surface area (Å²) in [5, 5.41) is 0.0729. The molecule has 0 amide bonds. The van der Waals surface area contributed by atoms with E-state index in [0.717, 1.165) is 0 Å². The number of benzene rings is 1. The maximum atomic E-state index is 12.3. The minimum absolute atomic E-state index is 0.0238. The first kappa shape index (κ1) is 36.1. The van der Waals surface area contributed by atoms with Crippen LogP contribution in [0.3, 0.4) is 0 Å². The molecule has 0 N–H and O–H groups in total. The highest BCUT2D eigenvalue weighted by Gasteiger charge is 2.19. The van der Waals surface area contributed by atoms with Crippen LogP contribution in [0.15, 0.2) is 12.1 Å². The van der Waals surface area contributed by atoms with E-state index in [1.807, 2.05) is 0 Å². The topological polar surface area (TPSA) is 133 Å². The van der Waals surface area contributed by atoms with Crippen molar-refractivity contribution in [1.82, 2.24) is 0 Å². The Balaban J connectivity index is 2.86. The zero-order valence-corrected chi connectivity index (χ0v) is 25.8. The number of hydrogen-bond donors (Lipinski definition) is 0. The van der Waals surface area contributed by atoms with Gasteiger partial charge in [0, 0.05) is 38.0 Å². The third-order valence-electron chi connectivity index (χ3n) is 4.49. The molecule has 0 aliphatic rings. The van der Waals surface area contributed by atoms with Crippen LogP contribution in [0.5, 0.6) is 17.2 Å². The van der Waals surface area contributed by atoms with Crippen molar-refractivity contribution in [3.63, 3.8) is 0 Å². The van der Waals surface area contributed by atoms with Gasteiger partial charge in [0.1, 0.15) is 19.8 Å². The van der Waals surface area contributed by atoms with Crippen LogP contribution in [0.4, 0.5) is 0 Å². The summed E-state index contributed by atoms with van der Waals surface area (Å²) < 4.78 is 39.1. The van der Waals surface area contributed by atoms with Crippen LogP contribution in [0, 0.1) is 0 Å². The van der Waals surface area contributed by atoms with Gasteiger partial charge in [0.15, 0.2) is 26.8 Å². The summed E-state index contributed by atoms with van der Waals surface area (Å²) >= 11 is 3.55. The lowest BCUT2D eigenvalue weighted by atomic mass is 10.2. The maximum Gasteiger partial charge on any atom is 0.338 e. The Morgan fingerprint density at radius 1 is 0.575 bits per heavy atom. The number of hydrogen-bond acceptors (Lipinski definition) is 14. The van der Waals surface area contributed by atoms with E-state index in [4.69, 9.17) is 33.2 Å². The number of rotatable bonds is 22. The SMILES string of the molecule is COC(=O)c1cc(OCCOCCSC(C)=O)c(OCCOCCSC(C)=O)c(OCCOCCSC(C)=O)c1. The number of carbonyl (C=O) groups is 4. The zero-order chi connectivity index (χ0) is 29.6. The molecule has 0 heterocycles. The Hall–Kier alpha value is -1.97. The summed E-state index contributed by atoms with van der Waals surface area (Å²) in [5.74, 6) is 1.83. The molecule has 0 aliphatic carbocycles. The van der Waals surface area contributed by atoms with E-state index in [-0.39, 0.29) is 77.8 Å². The van der Waals surface area contributed by atoms with E-state index in [1.54, 1.807) is 0 Å². The molecule has 11 nitrogen and oxygen atoms in total. The van der Waals surface area contributed by atoms with Crippen molar-refractivity contribution in [3.8, 4) is 17.2 Å². The van der Waals surface area contributed by atoms with Gasteiger partial charge in [-0.3, -0.25) is 14.4 Å². The summed E-state index contributed by atoms with van der Waals surface area (Å²) in [6.07, 6.45) is 0. The van der Waals surface area contributed by atoms with Crippen LogP contribution in [0.2, 0.25) is 0 Å². The summed E-state index contributed by atoms with van der Waals surface area (Å²) in [5.41, 5.74) is 0.204. The summed E-state index contributed by atoms with van der Waals surface area (Å²) in [6.45, 7) is 6.88. The lowest BCUT2D eigenvalue weighted by Crippen LogP contribution is -2.15. The normalized spacial score (nSPS) is 10.7. The monoisotopic (exact) mass is 622 g/mol. The number of ether oxygens (including phenoxy) is 7. The first-order chi connectivity index (χ1) is 19.2. The van der Waals surface area contributed by atoms with Crippen molar-refractivity contribution < 1.29 is 52.3 Å². The predicted molar refractivity (Wildman–Crippen MR) is 156 cm³/mol. The second kappa shape index (κ2) is 22.7. The van der Waals surface area contributed by atoms with Crippen LogP contribution < -0.4 is 14.2 Å². The van der Waals surface area contributed by atoms with Gasteiger partial charge in [-0.2, -0.15) is 0 Å². The fraction of sp³-hybridized carbons (Fsp3) is 0.615. The van der Waals surface area contributed by atoms with Gasteiger partial charge in [-0.25, -0.2) is 4.79 Å². The third-order valence-corrected chi connectivity index (χ3v) is 6.82. The van der Waals surface area contributed by atoms with Crippen LogP contribution in [-0.2, 0) is 33.3 Å². The molecule has 0 bridgehead atoms. The van der Waals surface area contributed by atoms with Gasteiger partial charge in [-0.05, 0) is 12.1 Å². The lowest BCUT2D eigenvalue weighted by molar-refractivity contribution is -0.109. The number of carbonyl (C=O) groups excluding carboxylic acids is 4. The minimum Gasteiger partial charge on any atom is -0.487 e. The average molecular weight is 623 g/mol. The number of esters is 1. The molecule has 226 valence electrons. The fourth-order valence-corrected chi connectivity index (χ4v) is 4.30. The molecule has 1 rings (SSSR count). The highest BCUT2D eigenvalue weighted by atomic mass is 32.2. The molecule has 0 radical (unpaired) electrons. The smallest absolute Gasteiger partial charge is 0.338 e. The molecule has 0 atom stereocenters. The predicted octanol–water partition coefficient (Wildman–Crippen LogP) is 3.50. The molecular formula is C26H38O11S3. The van der Waals surface area contributed by atoms with Gasteiger partial charge in [0.05, 0.1) is 52.3 Å². The molecule has 40 heavy (non-hydrogen) atoms. The van der Waals surface area contributed by atoms with Crippen molar-refractivity contribution in [2.75, 3.05) is 83.8 Å². The van der Waals surface area contributed by atoms with Gasteiger partial charge in [-0.1, -0.05) is 35.3 Å². The van der Waals surface area contributed by atoms with E-state index in [9.17, 15) is 19.2 Å². The zero-order valence-electron chi connectivity index (χ0n) is 23.4. The Kier molecular flexibility index (Phi) is 20.5. The van der Waals surface area contributed by atoms with Crippen LogP contribution in [0.25, 0.3) is 0 Å². The molecular weight excluding hydrogens is 584 g/mol. The van der Waals surface area contributed by atoms with Gasteiger partial charge >= 0.3 is 5.97 Å². The Bertz CT molecular complexity index is 878. The Labute approximate surface area is 248 Å². The van der Waals surface area contributed by atoms with Gasteiger partial charge in [0.25, 0.3) is 0 Å². The Morgan fingerprint density at radius 3 is 1.30 bits per heavy atom. The number of thioether (sulfide) groups is 3. The number of methoxy groups -OCH3 is 1. The largest absolute Gasteiger partial charge is 0.487 e. The summed E-state index contributed by atoms with van der Waals surface area (Å²) in [6, 6.07) is 3.00. The van der Waals surface area contributed by atoms with Crippen molar-refractivity contribution in [2.45, 2.75) is 20.8 Å². The fourth-order valence-electron chi connectivity index (χ4n) is 2.83. The van der Waals surface area contributed by atoms with Crippen molar-refractivity contribution in [2.24, 2.45) is 0 Å². The van der Waals surface area contributed by atoms with E-state index in [0.29, 0.717) is 37.1 Å². The standard InChI is InChI=1S/C26H38O11S3/c1-19(27)38-14-11-32-5-8-35-23-17-22(26(30)31-4)18-24(36-9-6-33-12-15-39-20(2)28)25(23)37-10-7-34-13-16-40-21(3)29/h17-18H,5-16H2,1-4H3. The molecule has 1 aromatic carbocycles. The second-order valence-electron chi connectivity index (χ2n) is 7.70. The summed E-state index contributed by atoms with van der Waals surface area (Å²) in [7, 11) is 1.27.